The Morgan fingerprint density at radius 1 is 1.10 bits per heavy atom. The largest absolute Gasteiger partial charge is 0.446 e. The molecule has 168 valence electrons. The number of hydrogen-bond donors (Lipinski definition) is 2. The summed E-state index contributed by atoms with van der Waals surface area (Å²) in [6.07, 6.45) is 4.13. The van der Waals surface area contributed by atoms with Crippen LogP contribution in [0.3, 0.4) is 0 Å². The number of amides is 3. The van der Waals surface area contributed by atoms with Crippen LogP contribution < -0.4 is 11.1 Å². The average Bonchev–Trinajstić information content (AvgIpc) is 2.97. The van der Waals surface area contributed by atoms with Gasteiger partial charge in [-0.05, 0) is 84.0 Å². The predicted molar refractivity (Wildman–Crippen MR) is 109 cm³/mol. The van der Waals surface area contributed by atoms with Crippen LogP contribution in [0.15, 0.2) is 0 Å². The fourth-order valence-electron chi connectivity index (χ4n) is 6.43. The summed E-state index contributed by atoms with van der Waals surface area (Å²) < 4.78 is 11.4. The summed E-state index contributed by atoms with van der Waals surface area (Å²) in [5.41, 5.74) is 4.25. The van der Waals surface area contributed by atoms with Crippen molar-refractivity contribution in [2.45, 2.75) is 83.5 Å². The summed E-state index contributed by atoms with van der Waals surface area (Å²) in [6, 6.07) is 0. The molecule has 3 amide bonds. The highest BCUT2D eigenvalue weighted by Crippen LogP contribution is 2.60. The molecule has 0 aromatic rings. The lowest BCUT2D eigenvalue weighted by molar-refractivity contribution is -0.161. The van der Waals surface area contributed by atoms with Crippen molar-refractivity contribution < 1.29 is 23.9 Å². The van der Waals surface area contributed by atoms with Crippen LogP contribution in [-0.2, 0) is 14.3 Å². The number of hydrogen-bond acceptors (Lipinski definition) is 5. The maximum Gasteiger partial charge on any atom is 0.410 e. The Morgan fingerprint density at radius 2 is 1.73 bits per heavy atom. The molecule has 0 spiro atoms. The number of nitrogens with zero attached hydrogens (tertiary/aromatic N) is 1. The lowest BCUT2D eigenvalue weighted by Crippen LogP contribution is -2.59. The first-order valence-corrected chi connectivity index (χ1v) is 11.1. The number of rotatable bonds is 3. The van der Waals surface area contributed by atoms with Crippen molar-refractivity contribution in [3.63, 3.8) is 0 Å². The molecule has 0 radical (unpaired) electrons. The normalized spacial score (nSPS) is 39.7. The van der Waals surface area contributed by atoms with Gasteiger partial charge in [-0.2, -0.15) is 0 Å². The minimum absolute atomic E-state index is 0.132. The molecular weight excluding hydrogens is 386 g/mol. The number of alkyl carbamates (subject to hydrolysis) is 1. The summed E-state index contributed by atoms with van der Waals surface area (Å²) in [7, 11) is 0. The number of likely N-dealkylation sites (tertiary alicyclic amines) is 1. The van der Waals surface area contributed by atoms with Gasteiger partial charge >= 0.3 is 12.2 Å². The predicted octanol–water partition coefficient (Wildman–Crippen LogP) is 2.79. The van der Waals surface area contributed by atoms with Gasteiger partial charge < -0.3 is 25.4 Å². The van der Waals surface area contributed by atoms with Crippen molar-refractivity contribution in [2.24, 2.45) is 28.9 Å². The lowest BCUT2D eigenvalue weighted by atomic mass is 9.48. The van der Waals surface area contributed by atoms with Gasteiger partial charge in [0.2, 0.25) is 5.91 Å². The molecule has 30 heavy (non-hydrogen) atoms. The maximum atomic E-state index is 12.9. The molecular formula is C22H35N3O5. The average molecular weight is 422 g/mol. The molecule has 3 N–H and O–H groups in total. The minimum Gasteiger partial charge on any atom is -0.446 e. The Labute approximate surface area is 178 Å². The van der Waals surface area contributed by atoms with Gasteiger partial charge in [0.25, 0.3) is 0 Å². The van der Waals surface area contributed by atoms with Gasteiger partial charge in [-0.3, -0.25) is 4.79 Å². The maximum absolute atomic E-state index is 12.9. The highest BCUT2D eigenvalue weighted by atomic mass is 16.6. The van der Waals surface area contributed by atoms with E-state index in [1.54, 1.807) is 4.90 Å². The van der Waals surface area contributed by atoms with E-state index in [9.17, 15) is 14.4 Å². The van der Waals surface area contributed by atoms with Crippen LogP contribution in [0.2, 0.25) is 0 Å². The van der Waals surface area contributed by atoms with E-state index in [2.05, 4.69) is 5.32 Å². The number of ether oxygens (including phenoxy) is 2. The molecule has 5 aliphatic rings. The Hall–Kier alpha value is -1.99. The number of carbonyl (C=O) groups excluding carboxylic acids is 3. The Morgan fingerprint density at radius 3 is 2.30 bits per heavy atom. The third-order valence-electron chi connectivity index (χ3n) is 7.48. The number of carbonyl (C=O) groups is 3. The molecule has 4 bridgehead atoms. The quantitative estimate of drug-likeness (QED) is 0.728. The van der Waals surface area contributed by atoms with Gasteiger partial charge in [-0.25, -0.2) is 9.59 Å². The Kier molecular flexibility index (Phi) is 4.97. The van der Waals surface area contributed by atoms with E-state index in [-0.39, 0.29) is 35.4 Å². The second-order valence-corrected chi connectivity index (χ2v) is 11.3. The molecule has 0 aromatic heterocycles. The number of primary amides is 1. The van der Waals surface area contributed by atoms with E-state index in [0.29, 0.717) is 25.4 Å². The van der Waals surface area contributed by atoms with Crippen molar-refractivity contribution in [1.82, 2.24) is 10.2 Å². The van der Waals surface area contributed by atoms with E-state index in [1.165, 1.54) is 0 Å². The highest BCUT2D eigenvalue weighted by molar-refractivity contribution is 5.81. The van der Waals surface area contributed by atoms with E-state index in [0.717, 1.165) is 32.1 Å². The SMILES string of the molecule is CC1(NC(=O)OC(C)(C)C)CCN(C(=O)OC2C3CC4CC2CC(C(N)=O)(C4)C3)C1. The fourth-order valence-corrected chi connectivity index (χ4v) is 6.43. The second kappa shape index (κ2) is 7.02. The van der Waals surface area contributed by atoms with Gasteiger partial charge in [-0.1, -0.05) is 0 Å². The van der Waals surface area contributed by atoms with E-state index < -0.39 is 17.2 Å². The summed E-state index contributed by atoms with van der Waals surface area (Å²) in [4.78, 5) is 38.9. The molecule has 8 heteroatoms. The zero-order chi connectivity index (χ0) is 21.9. The van der Waals surface area contributed by atoms with Gasteiger partial charge in [0.1, 0.15) is 11.7 Å². The van der Waals surface area contributed by atoms with Crippen LogP contribution in [0.5, 0.6) is 0 Å². The van der Waals surface area contributed by atoms with E-state index in [4.69, 9.17) is 15.2 Å². The molecule has 0 aromatic carbocycles. The molecule has 5 rings (SSSR count). The number of nitrogens with one attached hydrogen (secondary N) is 1. The molecule has 4 saturated carbocycles. The topological polar surface area (TPSA) is 111 Å². The molecule has 1 saturated heterocycles. The molecule has 8 nitrogen and oxygen atoms in total. The summed E-state index contributed by atoms with van der Waals surface area (Å²) in [5.74, 6) is 0.788. The van der Waals surface area contributed by atoms with Gasteiger partial charge in [0, 0.05) is 13.1 Å². The van der Waals surface area contributed by atoms with E-state index >= 15 is 0 Å². The van der Waals surface area contributed by atoms with Crippen LogP contribution in [0.4, 0.5) is 9.59 Å². The summed E-state index contributed by atoms with van der Waals surface area (Å²) in [5, 5.41) is 2.91. The zero-order valence-electron chi connectivity index (χ0n) is 18.5. The molecule has 3 unspecified atom stereocenters. The van der Waals surface area contributed by atoms with Crippen molar-refractivity contribution in [2.75, 3.05) is 13.1 Å². The Bertz CT molecular complexity index is 732. The van der Waals surface area contributed by atoms with Crippen LogP contribution in [-0.4, -0.2) is 53.3 Å². The smallest absolute Gasteiger partial charge is 0.410 e. The lowest BCUT2D eigenvalue weighted by Gasteiger charge is -2.58. The van der Waals surface area contributed by atoms with Crippen molar-refractivity contribution >= 4 is 18.1 Å². The van der Waals surface area contributed by atoms with Gasteiger partial charge in [0.05, 0.1) is 11.0 Å². The van der Waals surface area contributed by atoms with Crippen LogP contribution >= 0.6 is 0 Å². The first kappa shape index (κ1) is 21.2. The highest BCUT2D eigenvalue weighted by Gasteiger charge is 2.59. The first-order chi connectivity index (χ1) is 13.9. The summed E-state index contributed by atoms with van der Waals surface area (Å²) in [6.45, 7) is 8.30. The molecule has 1 heterocycles. The van der Waals surface area contributed by atoms with Crippen LogP contribution in [0, 0.1) is 23.2 Å². The monoisotopic (exact) mass is 421 g/mol. The molecule has 3 atom stereocenters. The van der Waals surface area contributed by atoms with Crippen molar-refractivity contribution in [3.8, 4) is 0 Å². The van der Waals surface area contributed by atoms with Crippen LogP contribution in [0.25, 0.3) is 0 Å². The fraction of sp³-hybridized carbons (Fsp3) is 0.864. The Balaban J connectivity index is 1.34. The van der Waals surface area contributed by atoms with Crippen LogP contribution in [0.1, 0.15) is 66.2 Å². The van der Waals surface area contributed by atoms with E-state index in [1.807, 2.05) is 27.7 Å². The second-order valence-electron chi connectivity index (χ2n) is 11.3. The molecule has 1 aliphatic heterocycles. The van der Waals surface area contributed by atoms with Gasteiger partial charge in [0.15, 0.2) is 0 Å². The zero-order valence-corrected chi connectivity index (χ0v) is 18.5. The molecule has 5 fully saturated rings. The standard InChI is InChI=1S/C22H35N3O5/c1-20(2,3)30-18(27)24-21(4)5-6-25(12-21)19(28)29-16-14-7-13-8-15(16)11-22(9-13,10-14)17(23)26/h13-16H,5-12H2,1-4H3,(H2,23,26)(H,24,27). The third-order valence-corrected chi connectivity index (χ3v) is 7.48. The van der Waals surface area contributed by atoms with Crippen molar-refractivity contribution in [1.29, 1.82) is 0 Å². The third kappa shape index (κ3) is 3.97. The molecule has 4 aliphatic carbocycles. The summed E-state index contributed by atoms with van der Waals surface area (Å²) >= 11 is 0. The first-order valence-electron chi connectivity index (χ1n) is 11.1. The number of nitrogens with two attached hydrogens (primary N) is 1. The minimum atomic E-state index is -0.570. The van der Waals surface area contributed by atoms with Gasteiger partial charge in [-0.15, -0.1) is 0 Å². The van der Waals surface area contributed by atoms with Crippen molar-refractivity contribution in [3.05, 3.63) is 0 Å².